The first kappa shape index (κ1) is 11.9. The lowest BCUT2D eigenvalue weighted by Gasteiger charge is -2.19. The molecule has 72 valence electrons. The van der Waals surface area contributed by atoms with Crippen LogP contribution in [0.15, 0.2) is 0 Å². The molecule has 0 aliphatic heterocycles. The molecule has 0 saturated carbocycles. The number of hydrogen-bond donors (Lipinski definition) is 1. The van der Waals surface area contributed by atoms with E-state index in [0.29, 0.717) is 24.7 Å². The van der Waals surface area contributed by atoms with Crippen LogP contribution in [0.3, 0.4) is 0 Å². The molecule has 0 atom stereocenters. The van der Waals surface area contributed by atoms with Gasteiger partial charge in [0.2, 0.25) is 5.91 Å². The Morgan fingerprint density at radius 1 is 1.58 bits per heavy atom. The molecule has 0 radical (unpaired) electrons. The summed E-state index contributed by atoms with van der Waals surface area (Å²) in [5.74, 6) is 0.155. The van der Waals surface area contributed by atoms with Crippen molar-refractivity contribution in [3.05, 3.63) is 0 Å². The van der Waals surface area contributed by atoms with Crippen LogP contribution in [0.1, 0.15) is 19.8 Å². The summed E-state index contributed by atoms with van der Waals surface area (Å²) in [6.07, 6.45) is 1.21. The molecule has 0 aliphatic carbocycles. The maximum absolute atomic E-state index is 11.3. The molecule has 0 heterocycles. The average Bonchev–Trinajstić information content (AvgIpc) is 2.06. The van der Waals surface area contributed by atoms with E-state index in [1.165, 1.54) is 0 Å². The molecule has 4 heteroatoms. The first-order valence-electron chi connectivity index (χ1n) is 4.20. The lowest BCUT2D eigenvalue weighted by molar-refractivity contribution is -0.130. The number of rotatable bonds is 6. The average molecular weight is 238 g/mol. The monoisotopic (exact) mass is 237 g/mol. The van der Waals surface area contributed by atoms with Crippen LogP contribution in [0.2, 0.25) is 0 Å². The van der Waals surface area contributed by atoms with Gasteiger partial charge in [-0.2, -0.15) is 0 Å². The van der Waals surface area contributed by atoms with Gasteiger partial charge >= 0.3 is 0 Å². The Hall–Kier alpha value is -0.0900. The highest BCUT2D eigenvalue weighted by atomic mass is 79.9. The van der Waals surface area contributed by atoms with Gasteiger partial charge in [-0.1, -0.05) is 15.9 Å². The zero-order valence-corrected chi connectivity index (χ0v) is 9.01. The van der Waals surface area contributed by atoms with Crippen LogP contribution < -0.4 is 0 Å². The summed E-state index contributed by atoms with van der Waals surface area (Å²) in [5, 5.41) is 9.28. The minimum Gasteiger partial charge on any atom is -0.396 e. The molecular formula is C8H16BrNO2. The second kappa shape index (κ2) is 7.55. The van der Waals surface area contributed by atoms with E-state index in [-0.39, 0.29) is 12.5 Å². The highest BCUT2D eigenvalue weighted by molar-refractivity contribution is 9.09. The summed E-state index contributed by atoms with van der Waals surface area (Å²) in [6.45, 7) is 3.49. The van der Waals surface area contributed by atoms with Gasteiger partial charge in [0.05, 0.1) is 0 Å². The van der Waals surface area contributed by atoms with E-state index in [1.54, 1.807) is 4.90 Å². The van der Waals surface area contributed by atoms with E-state index < -0.39 is 0 Å². The van der Waals surface area contributed by atoms with Crippen molar-refractivity contribution < 1.29 is 9.90 Å². The third-order valence-electron chi connectivity index (χ3n) is 1.63. The first-order valence-corrected chi connectivity index (χ1v) is 5.33. The number of aliphatic hydroxyl groups excluding tert-OH is 1. The van der Waals surface area contributed by atoms with E-state index in [1.807, 2.05) is 6.92 Å². The molecular weight excluding hydrogens is 222 g/mol. The molecule has 12 heavy (non-hydrogen) atoms. The topological polar surface area (TPSA) is 40.5 Å². The maximum Gasteiger partial charge on any atom is 0.223 e. The molecule has 3 nitrogen and oxygen atoms in total. The summed E-state index contributed by atoms with van der Waals surface area (Å²) < 4.78 is 0. The summed E-state index contributed by atoms with van der Waals surface area (Å²) in [4.78, 5) is 13.1. The summed E-state index contributed by atoms with van der Waals surface area (Å²) in [5.41, 5.74) is 0. The summed E-state index contributed by atoms with van der Waals surface area (Å²) in [7, 11) is 0. The fourth-order valence-electron chi connectivity index (χ4n) is 0.960. The SMILES string of the molecule is CCN(CCCO)C(=O)CCBr. The highest BCUT2D eigenvalue weighted by Crippen LogP contribution is 1.98. The third-order valence-corrected chi connectivity index (χ3v) is 2.03. The normalized spacial score (nSPS) is 9.92. The second-order valence-electron chi connectivity index (χ2n) is 2.49. The number of aliphatic hydroxyl groups is 1. The number of carbonyl (C=O) groups is 1. The molecule has 0 aromatic heterocycles. The molecule has 0 aromatic carbocycles. The van der Waals surface area contributed by atoms with Gasteiger partial charge in [-0.15, -0.1) is 0 Å². The minimum absolute atomic E-state index is 0.151. The lowest BCUT2D eigenvalue weighted by Crippen LogP contribution is -2.32. The van der Waals surface area contributed by atoms with Gasteiger partial charge in [0.1, 0.15) is 0 Å². The van der Waals surface area contributed by atoms with E-state index in [2.05, 4.69) is 15.9 Å². The Balaban J connectivity index is 3.71. The Labute approximate surface area is 81.9 Å². The molecule has 0 fully saturated rings. The Bertz CT molecular complexity index is 130. The van der Waals surface area contributed by atoms with E-state index in [9.17, 15) is 4.79 Å². The Morgan fingerprint density at radius 3 is 2.67 bits per heavy atom. The fourth-order valence-corrected chi connectivity index (χ4v) is 1.30. The van der Waals surface area contributed by atoms with E-state index >= 15 is 0 Å². The van der Waals surface area contributed by atoms with Gasteiger partial charge in [0, 0.05) is 31.4 Å². The van der Waals surface area contributed by atoms with Crippen LogP contribution in [0, 0.1) is 0 Å². The van der Waals surface area contributed by atoms with Crippen LogP contribution in [-0.2, 0) is 4.79 Å². The van der Waals surface area contributed by atoms with Crippen molar-refractivity contribution in [3.63, 3.8) is 0 Å². The van der Waals surface area contributed by atoms with Crippen molar-refractivity contribution in [1.29, 1.82) is 0 Å². The predicted molar refractivity (Wildman–Crippen MR) is 52.4 cm³/mol. The van der Waals surface area contributed by atoms with Gasteiger partial charge in [-0.05, 0) is 13.3 Å². The number of alkyl halides is 1. The second-order valence-corrected chi connectivity index (χ2v) is 3.28. The fraction of sp³-hybridized carbons (Fsp3) is 0.875. The van der Waals surface area contributed by atoms with Crippen LogP contribution in [0.5, 0.6) is 0 Å². The maximum atomic E-state index is 11.3. The van der Waals surface area contributed by atoms with Crippen LogP contribution in [-0.4, -0.2) is 40.9 Å². The molecule has 0 rings (SSSR count). The van der Waals surface area contributed by atoms with Crippen LogP contribution in [0.25, 0.3) is 0 Å². The highest BCUT2D eigenvalue weighted by Gasteiger charge is 2.08. The quantitative estimate of drug-likeness (QED) is 0.701. The van der Waals surface area contributed by atoms with E-state index in [0.717, 1.165) is 6.54 Å². The van der Waals surface area contributed by atoms with Gasteiger partial charge in [0.15, 0.2) is 0 Å². The molecule has 0 aliphatic rings. The molecule has 0 spiro atoms. The van der Waals surface area contributed by atoms with Gasteiger partial charge in [-0.25, -0.2) is 0 Å². The van der Waals surface area contributed by atoms with Crippen molar-refractivity contribution in [3.8, 4) is 0 Å². The molecule has 0 bridgehead atoms. The molecule has 0 aromatic rings. The van der Waals surface area contributed by atoms with Crippen molar-refractivity contribution in [2.45, 2.75) is 19.8 Å². The molecule has 1 amide bonds. The standard InChI is InChI=1S/C8H16BrNO2/c1-2-10(6-3-7-11)8(12)4-5-9/h11H,2-7H2,1H3. The smallest absolute Gasteiger partial charge is 0.223 e. The number of carbonyl (C=O) groups excluding carboxylic acids is 1. The van der Waals surface area contributed by atoms with Crippen LogP contribution >= 0.6 is 15.9 Å². The third kappa shape index (κ3) is 4.72. The first-order chi connectivity index (χ1) is 5.76. The minimum atomic E-state index is 0.151. The van der Waals surface area contributed by atoms with Crippen molar-refractivity contribution in [2.24, 2.45) is 0 Å². The number of amides is 1. The zero-order chi connectivity index (χ0) is 9.40. The summed E-state index contributed by atoms with van der Waals surface area (Å²) >= 11 is 3.22. The number of nitrogens with zero attached hydrogens (tertiary/aromatic N) is 1. The van der Waals surface area contributed by atoms with Crippen LogP contribution in [0.4, 0.5) is 0 Å². The summed E-state index contributed by atoms with van der Waals surface area (Å²) in [6, 6.07) is 0. The predicted octanol–water partition coefficient (Wildman–Crippen LogP) is 1.00. The van der Waals surface area contributed by atoms with Gasteiger partial charge < -0.3 is 10.0 Å². The molecule has 0 unspecified atom stereocenters. The Morgan fingerprint density at radius 2 is 2.25 bits per heavy atom. The molecule has 0 saturated heterocycles. The lowest BCUT2D eigenvalue weighted by atomic mass is 10.3. The van der Waals surface area contributed by atoms with Gasteiger partial charge in [-0.3, -0.25) is 4.79 Å². The number of halogens is 1. The number of hydrogen-bond acceptors (Lipinski definition) is 2. The van der Waals surface area contributed by atoms with Crippen molar-refractivity contribution >= 4 is 21.8 Å². The van der Waals surface area contributed by atoms with Crippen molar-refractivity contribution in [1.82, 2.24) is 4.90 Å². The van der Waals surface area contributed by atoms with Gasteiger partial charge in [0.25, 0.3) is 0 Å². The zero-order valence-electron chi connectivity index (χ0n) is 7.42. The van der Waals surface area contributed by atoms with Crippen molar-refractivity contribution in [2.75, 3.05) is 25.0 Å². The molecule has 1 N–H and O–H groups in total. The van der Waals surface area contributed by atoms with E-state index in [4.69, 9.17) is 5.11 Å². The Kier molecular flexibility index (Phi) is 7.50. The largest absolute Gasteiger partial charge is 0.396 e.